The summed E-state index contributed by atoms with van der Waals surface area (Å²) in [6, 6.07) is 11.9. The van der Waals surface area contributed by atoms with E-state index in [-0.39, 0.29) is 16.7 Å². The topological polar surface area (TPSA) is 55.6 Å². The number of rotatable bonds is 4. The number of likely N-dealkylation sites (N-methyl/N-ethyl adjacent to an activating group) is 1. The zero-order chi connectivity index (χ0) is 17.3. The number of benzene rings is 2. The average Bonchev–Trinajstić information content (AvgIpc) is 2.57. The quantitative estimate of drug-likeness (QED) is 0.627. The predicted octanol–water partition coefficient (Wildman–Crippen LogP) is 4.11. The normalized spacial score (nSPS) is 16.0. The molecular weight excluding hydrogens is 304 g/mol. The maximum absolute atomic E-state index is 11.1. The van der Waals surface area contributed by atoms with E-state index < -0.39 is 0 Å². The van der Waals surface area contributed by atoms with Gasteiger partial charge in [-0.15, -0.1) is 0 Å². The van der Waals surface area contributed by atoms with Gasteiger partial charge in [0.05, 0.1) is 24.1 Å². The third-order valence-electron chi connectivity index (χ3n) is 4.54. The summed E-state index contributed by atoms with van der Waals surface area (Å²) in [5.41, 5.74) is 4.17. The summed E-state index contributed by atoms with van der Waals surface area (Å²) in [6.45, 7) is 1.76. The van der Waals surface area contributed by atoms with Crippen molar-refractivity contribution in [3.8, 4) is 5.75 Å². The van der Waals surface area contributed by atoms with Gasteiger partial charge in [0.15, 0.2) is 0 Å². The SMILES string of the molecule is COc1cc([N+](=O)[O-])c(C)cc1CC1c2ccccc2C=CN1C. The van der Waals surface area contributed by atoms with Crippen LogP contribution >= 0.6 is 0 Å². The Hall–Kier alpha value is -2.82. The van der Waals surface area contributed by atoms with Crippen LogP contribution in [0.3, 0.4) is 0 Å². The summed E-state index contributed by atoms with van der Waals surface area (Å²) in [7, 11) is 3.60. The maximum Gasteiger partial charge on any atom is 0.276 e. The van der Waals surface area contributed by atoms with E-state index in [1.807, 2.05) is 25.2 Å². The lowest BCUT2D eigenvalue weighted by Gasteiger charge is -2.32. The second kappa shape index (κ2) is 6.35. The van der Waals surface area contributed by atoms with E-state index in [1.165, 1.54) is 17.2 Å². The summed E-state index contributed by atoms with van der Waals surface area (Å²) in [6.07, 6.45) is 4.89. The lowest BCUT2D eigenvalue weighted by atomic mass is 9.91. The first kappa shape index (κ1) is 16.1. The molecule has 1 heterocycles. The molecule has 0 saturated carbocycles. The van der Waals surface area contributed by atoms with Gasteiger partial charge < -0.3 is 9.64 Å². The van der Waals surface area contributed by atoms with Crippen LogP contribution in [0.5, 0.6) is 5.75 Å². The molecule has 24 heavy (non-hydrogen) atoms. The van der Waals surface area contributed by atoms with Crippen LogP contribution in [0, 0.1) is 17.0 Å². The number of hydrogen-bond donors (Lipinski definition) is 0. The highest BCUT2D eigenvalue weighted by Gasteiger charge is 2.24. The van der Waals surface area contributed by atoms with Crippen molar-refractivity contribution in [2.45, 2.75) is 19.4 Å². The molecule has 3 rings (SSSR count). The number of nitro benzene ring substituents is 1. The first-order valence-electron chi connectivity index (χ1n) is 7.82. The fraction of sp³-hybridized carbons (Fsp3) is 0.263. The van der Waals surface area contributed by atoms with Gasteiger partial charge in [0.1, 0.15) is 5.75 Å². The Morgan fingerprint density at radius 2 is 2.04 bits per heavy atom. The van der Waals surface area contributed by atoms with Crippen molar-refractivity contribution in [3.63, 3.8) is 0 Å². The monoisotopic (exact) mass is 324 g/mol. The first-order chi connectivity index (χ1) is 11.5. The van der Waals surface area contributed by atoms with Gasteiger partial charge in [-0.2, -0.15) is 0 Å². The Morgan fingerprint density at radius 1 is 1.29 bits per heavy atom. The van der Waals surface area contributed by atoms with Crippen molar-refractivity contribution in [2.24, 2.45) is 0 Å². The highest BCUT2D eigenvalue weighted by Crippen LogP contribution is 2.36. The van der Waals surface area contributed by atoms with Gasteiger partial charge in [-0.1, -0.05) is 24.3 Å². The molecule has 1 unspecified atom stereocenters. The van der Waals surface area contributed by atoms with Crippen molar-refractivity contribution in [1.82, 2.24) is 4.90 Å². The number of ether oxygens (including phenoxy) is 1. The molecule has 0 radical (unpaired) electrons. The van der Waals surface area contributed by atoms with Gasteiger partial charge in [0.25, 0.3) is 5.69 Å². The van der Waals surface area contributed by atoms with Crippen molar-refractivity contribution in [3.05, 3.63) is 75.0 Å². The molecule has 1 aliphatic heterocycles. The molecule has 0 bridgehead atoms. The highest BCUT2D eigenvalue weighted by molar-refractivity contribution is 5.58. The number of hydrogen-bond acceptors (Lipinski definition) is 4. The molecule has 0 aliphatic carbocycles. The van der Waals surface area contributed by atoms with E-state index in [0.29, 0.717) is 11.3 Å². The molecule has 0 fully saturated rings. The molecule has 5 nitrogen and oxygen atoms in total. The number of methoxy groups -OCH3 is 1. The molecule has 0 amide bonds. The van der Waals surface area contributed by atoms with E-state index in [2.05, 4.69) is 29.3 Å². The third-order valence-corrected chi connectivity index (χ3v) is 4.54. The van der Waals surface area contributed by atoms with Crippen LogP contribution in [0.1, 0.15) is 28.3 Å². The average molecular weight is 324 g/mol. The Labute approximate surface area is 141 Å². The first-order valence-corrected chi connectivity index (χ1v) is 7.82. The largest absolute Gasteiger partial charge is 0.496 e. The van der Waals surface area contributed by atoms with Gasteiger partial charge in [0.2, 0.25) is 0 Å². The minimum absolute atomic E-state index is 0.0906. The summed E-state index contributed by atoms with van der Waals surface area (Å²) >= 11 is 0. The smallest absolute Gasteiger partial charge is 0.276 e. The number of fused-ring (bicyclic) bond motifs is 1. The van der Waals surface area contributed by atoms with Crippen molar-refractivity contribution < 1.29 is 9.66 Å². The molecule has 5 heteroatoms. The number of nitrogens with zero attached hydrogens (tertiary/aromatic N) is 2. The second-order valence-corrected chi connectivity index (χ2v) is 6.04. The van der Waals surface area contributed by atoms with Crippen molar-refractivity contribution >= 4 is 11.8 Å². The molecule has 2 aromatic rings. The molecule has 0 spiro atoms. The van der Waals surface area contributed by atoms with Crippen LogP contribution in [0.2, 0.25) is 0 Å². The van der Waals surface area contributed by atoms with Crippen molar-refractivity contribution in [2.75, 3.05) is 14.2 Å². The van der Waals surface area contributed by atoms with Crippen molar-refractivity contribution in [1.29, 1.82) is 0 Å². The maximum atomic E-state index is 11.1. The number of nitro groups is 1. The summed E-state index contributed by atoms with van der Waals surface area (Å²) < 4.78 is 5.41. The standard InChI is InChI=1S/C19H20N2O3/c1-13-10-15(19(24-3)12-17(13)21(22)23)11-18-16-7-5-4-6-14(16)8-9-20(18)2/h4-10,12,18H,11H2,1-3H3. The molecule has 124 valence electrons. The minimum atomic E-state index is -0.369. The summed E-state index contributed by atoms with van der Waals surface area (Å²) in [5, 5.41) is 11.1. The molecule has 0 saturated heterocycles. The Morgan fingerprint density at radius 3 is 2.75 bits per heavy atom. The Balaban J connectivity index is 2.00. The van der Waals surface area contributed by atoms with Crippen LogP contribution in [-0.2, 0) is 6.42 Å². The molecule has 1 atom stereocenters. The molecule has 0 N–H and O–H groups in total. The minimum Gasteiger partial charge on any atom is -0.496 e. The lowest BCUT2D eigenvalue weighted by Crippen LogP contribution is -2.24. The van der Waals surface area contributed by atoms with E-state index in [1.54, 1.807) is 14.0 Å². The predicted molar refractivity (Wildman–Crippen MR) is 94.1 cm³/mol. The van der Waals surface area contributed by atoms with Crippen LogP contribution in [-0.4, -0.2) is 24.0 Å². The second-order valence-electron chi connectivity index (χ2n) is 6.04. The van der Waals surface area contributed by atoms with E-state index >= 15 is 0 Å². The Kier molecular flexibility index (Phi) is 4.25. The number of aryl methyl sites for hydroxylation is 1. The molecule has 1 aliphatic rings. The van der Waals surface area contributed by atoms with Gasteiger partial charge in [-0.05, 0) is 42.0 Å². The van der Waals surface area contributed by atoms with Gasteiger partial charge in [-0.25, -0.2) is 0 Å². The Bertz CT molecular complexity index is 814. The summed E-state index contributed by atoms with van der Waals surface area (Å²) in [4.78, 5) is 12.9. The summed E-state index contributed by atoms with van der Waals surface area (Å²) in [5.74, 6) is 0.563. The van der Waals surface area contributed by atoms with Gasteiger partial charge in [0, 0.05) is 19.0 Å². The fourth-order valence-electron chi connectivity index (χ4n) is 3.23. The van der Waals surface area contributed by atoms with Crippen LogP contribution in [0.15, 0.2) is 42.6 Å². The van der Waals surface area contributed by atoms with Gasteiger partial charge in [-0.3, -0.25) is 10.1 Å². The zero-order valence-electron chi connectivity index (χ0n) is 14.0. The van der Waals surface area contributed by atoms with E-state index in [4.69, 9.17) is 4.74 Å². The zero-order valence-corrected chi connectivity index (χ0v) is 14.0. The molecule has 2 aromatic carbocycles. The van der Waals surface area contributed by atoms with Crippen LogP contribution in [0.25, 0.3) is 6.08 Å². The van der Waals surface area contributed by atoms with E-state index in [0.717, 1.165) is 12.0 Å². The van der Waals surface area contributed by atoms with Crippen LogP contribution < -0.4 is 4.74 Å². The van der Waals surface area contributed by atoms with Gasteiger partial charge >= 0.3 is 0 Å². The van der Waals surface area contributed by atoms with E-state index in [9.17, 15) is 10.1 Å². The highest BCUT2D eigenvalue weighted by atomic mass is 16.6. The third kappa shape index (κ3) is 2.85. The molecule has 0 aromatic heterocycles. The molecular formula is C19H20N2O3. The lowest BCUT2D eigenvalue weighted by molar-refractivity contribution is -0.385. The fourth-order valence-corrected chi connectivity index (χ4v) is 3.23. The van der Waals surface area contributed by atoms with Crippen LogP contribution in [0.4, 0.5) is 5.69 Å².